The van der Waals surface area contributed by atoms with Crippen molar-refractivity contribution >= 4 is 27.8 Å². The fraction of sp³-hybridized carbons (Fsp3) is 0.357. The number of furan rings is 1. The van der Waals surface area contributed by atoms with Gasteiger partial charge in [0.05, 0.1) is 22.6 Å². The molecule has 0 unspecified atom stereocenters. The number of aromatic nitrogens is 1. The quantitative estimate of drug-likeness (QED) is 0.369. The Kier molecular flexibility index (Phi) is 5.78. The Morgan fingerprint density at radius 1 is 1.12 bits per heavy atom. The van der Waals surface area contributed by atoms with Gasteiger partial charge in [0.25, 0.3) is 0 Å². The van der Waals surface area contributed by atoms with E-state index >= 15 is 0 Å². The minimum atomic E-state index is -1.02. The second kappa shape index (κ2) is 8.76. The van der Waals surface area contributed by atoms with Crippen molar-refractivity contribution < 1.29 is 23.8 Å². The van der Waals surface area contributed by atoms with Crippen LogP contribution in [-0.2, 0) is 4.74 Å². The first kappa shape index (κ1) is 22.4. The number of carboxylic acid groups (broad SMARTS) is 1. The third-order valence-corrected chi connectivity index (χ3v) is 6.92. The van der Waals surface area contributed by atoms with Gasteiger partial charge in [0.1, 0.15) is 17.0 Å². The molecule has 0 aliphatic carbocycles. The first-order valence-corrected chi connectivity index (χ1v) is 11.8. The zero-order valence-corrected chi connectivity index (χ0v) is 20.0. The lowest BCUT2D eigenvalue weighted by atomic mass is 9.94. The molecule has 1 saturated heterocycles. The highest BCUT2D eigenvalue weighted by molar-refractivity contribution is 6.07. The predicted octanol–water partition coefficient (Wildman–Crippen LogP) is 6.47. The third-order valence-electron chi connectivity index (χ3n) is 6.92. The number of aromatic carboxylic acids is 1. The summed E-state index contributed by atoms with van der Waals surface area (Å²) in [6.07, 6.45) is 1.81. The highest BCUT2D eigenvalue weighted by Crippen LogP contribution is 2.38. The molecule has 0 spiro atoms. The maximum Gasteiger partial charge on any atom is 0.336 e. The van der Waals surface area contributed by atoms with Crippen molar-refractivity contribution in [2.75, 3.05) is 13.2 Å². The van der Waals surface area contributed by atoms with Crippen LogP contribution in [0.3, 0.4) is 0 Å². The van der Waals surface area contributed by atoms with Gasteiger partial charge in [0.2, 0.25) is 0 Å². The van der Waals surface area contributed by atoms with Crippen molar-refractivity contribution in [3.05, 3.63) is 58.7 Å². The van der Waals surface area contributed by atoms with Crippen LogP contribution in [0, 0.1) is 26.7 Å². The highest BCUT2D eigenvalue weighted by Gasteiger charge is 2.25. The normalized spacial score (nSPS) is 15.6. The molecule has 0 radical (unpaired) electrons. The fourth-order valence-corrected chi connectivity index (χ4v) is 4.88. The molecule has 1 atom stereocenters. The van der Waals surface area contributed by atoms with Gasteiger partial charge in [-0.3, -0.25) is 0 Å². The maximum absolute atomic E-state index is 12.4. The molecule has 1 aliphatic heterocycles. The number of aryl methyl sites for hydroxylation is 3. The fourth-order valence-electron chi connectivity index (χ4n) is 4.88. The summed E-state index contributed by atoms with van der Waals surface area (Å²) in [5.41, 5.74) is 4.98. The molecule has 1 fully saturated rings. The van der Waals surface area contributed by atoms with E-state index in [1.807, 2.05) is 58.0 Å². The number of nitrogens with zero attached hydrogens (tertiary/aromatic N) is 1. The second-order valence-corrected chi connectivity index (χ2v) is 9.29. The maximum atomic E-state index is 12.4. The largest absolute Gasteiger partial charge is 0.490 e. The standard InChI is InChI=1S/C28H29NO5/c1-15-5-7-20-17(3)27(34-24(20)13-15)22-14-21(28(30)31)25-23(8-6-16(2)26(25)29-22)33-18(4)19-9-11-32-12-10-19/h5-8,13-14,18-19H,9-12H2,1-4H3,(H,30,31)/t18-/m1/s1. The summed E-state index contributed by atoms with van der Waals surface area (Å²) in [6.45, 7) is 9.43. The first-order valence-electron chi connectivity index (χ1n) is 11.8. The molecule has 5 rings (SSSR count). The Balaban J connectivity index is 1.65. The van der Waals surface area contributed by atoms with Crippen LogP contribution in [0.25, 0.3) is 33.3 Å². The number of hydrogen-bond acceptors (Lipinski definition) is 5. The molecule has 6 heteroatoms. The number of carboxylic acids is 1. The van der Waals surface area contributed by atoms with Crippen molar-refractivity contribution in [3.63, 3.8) is 0 Å². The summed E-state index contributed by atoms with van der Waals surface area (Å²) >= 11 is 0. The van der Waals surface area contributed by atoms with Gasteiger partial charge in [-0.2, -0.15) is 0 Å². The van der Waals surface area contributed by atoms with Gasteiger partial charge in [-0.25, -0.2) is 9.78 Å². The van der Waals surface area contributed by atoms with E-state index in [1.165, 1.54) is 0 Å². The molecule has 4 aromatic rings. The van der Waals surface area contributed by atoms with E-state index in [4.69, 9.17) is 18.9 Å². The molecule has 3 heterocycles. The third kappa shape index (κ3) is 3.92. The van der Waals surface area contributed by atoms with E-state index in [-0.39, 0.29) is 11.7 Å². The van der Waals surface area contributed by atoms with Gasteiger partial charge < -0.3 is 19.0 Å². The number of fused-ring (bicyclic) bond motifs is 2. The summed E-state index contributed by atoms with van der Waals surface area (Å²) in [5, 5.41) is 11.7. The molecule has 34 heavy (non-hydrogen) atoms. The number of carbonyl (C=O) groups is 1. The first-order chi connectivity index (χ1) is 16.3. The Morgan fingerprint density at radius 3 is 2.62 bits per heavy atom. The number of benzene rings is 2. The SMILES string of the molecule is Cc1ccc2c(C)c(-c3cc(C(=O)O)c4c(O[C@H](C)C5CCOCC5)ccc(C)c4n3)oc2c1. The van der Waals surface area contributed by atoms with Crippen LogP contribution >= 0.6 is 0 Å². The summed E-state index contributed by atoms with van der Waals surface area (Å²) < 4.78 is 18.0. The number of pyridine rings is 1. The van der Waals surface area contributed by atoms with Crippen molar-refractivity contribution in [1.29, 1.82) is 0 Å². The van der Waals surface area contributed by atoms with Crippen LogP contribution in [0.1, 0.15) is 46.8 Å². The Hall–Kier alpha value is -3.38. The minimum absolute atomic E-state index is 0.0583. The molecule has 0 amide bonds. The molecular weight excluding hydrogens is 430 g/mol. The van der Waals surface area contributed by atoms with Gasteiger partial charge in [-0.05, 0) is 75.8 Å². The van der Waals surface area contributed by atoms with E-state index in [1.54, 1.807) is 6.07 Å². The average molecular weight is 460 g/mol. The van der Waals surface area contributed by atoms with Crippen LogP contribution < -0.4 is 4.74 Å². The van der Waals surface area contributed by atoms with Gasteiger partial charge in [0.15, 0.2) is 5.76 Å². The highest BCUT2D eigenvalue weighted by atomic mass is 16.5. The van der Waals surface area contributed by atoms with Crippen molar-refractivity contribution in [2.45, 2.75) is 46.6 Å². The zero-order chi connectivity index (χ0) is 24.0. The lowest BCUT2D eigenvalue weighted by Gasteiger charge is -2.28. The average Bonchev–Trinajstić information content (AvgIpc) is 3.16. The van der Waals surface area contributed by atoms with Crippen LogP contribution in [0.2, 0.25) is 0 Å². The summed E-state index contributed by atoms with van der Waals surface area (Å²) in [7, 11) is 0. The number of ether oxygens (including phenoxy) is 2. The topological polar surface area (TPSA) is 81.8 Å². The van der Waals surface area contributed by atoms with Crippen LogP contribution in [-0.4, -0.2) is 35.4 Å². The molecular formula is C28H29NO5. The lowest BCUT2D eigenvalue weighted by molar-refractivity contribution is 0.0243. The molecule has 176 valence electrons. The number of rotatable bonds is 5. The van der Waals surface area contributed by atoms with E-state index in [0.717, 1.165) is 53.7 Å². The van der Waals surface area contributed by atoms with Crippen LogP contribution in [0.5, 0.6) is 5.75 Å². The van der Waals surface area contributed by atoms with Crippen LogP contribution in [0.4, 0.5) is 0 Å². The minimum Gasteiger partial charge on any atom is -0.490 e. The lowest BCUT2D eigenvalue weighted by Crippen LogP contribution is -2.29. The molecule has 2 aromatic carbocycles. The number of hydrogen-bond donors (Lipinski definition) is 1. The van der Waals surface area contributed by atoms with E-state index in [0.29, 0.717) is 34.0 Å². The van der Waals surface area contributed by atoms with Gasteiger partial charge in [0, 0.05) is 24.2 Å². The van der Waals surface area contributed by atoms with Gasteiger partial charge >= 0.3 is 5.97 Å². The monoisotopic (exact) mass is 459 g/mol. The Morgan fingerprint density at radius 2 is 1.88 bits per heavy atom. The molecule has 2 aromatic heterocycles. The van der Waals surface area contributed by atoms with Crippen molar-refractivity contribution in [1.82, 2.24) is 4.98 Å². The zero-order valence-electron chi connectivity index (χ0n) is 20.0. The smallest absolute Gasteiger partial charge is 0.336 e. The van der Waals surface area contributed by atoms with Crippen molar-refractivity contribution in [2.24, 2.45) is 5.92 Å². The summed E-state index contributed by atoms with van der Waals surface area (Å²) in [5.74, 6) is 0.485. The van der Waals surface area contributed by atoms with Crippen LogP contribution in [0.15, 0.2) is 40.8 Å². The Labute approximate surface area is 198 Å². The van der Waals surface area contributed by atoms with Gasteiger partial charge in [-0.1, -0.05) is 18.2 Å². The summed E-state index contributed by atoms with van der Waals surface area (Å²) in [6, 6.07) is 11.5. The predicted molar refractivity (Wildman–Crippen MR) is 132 cm³/mol. The molecule has 6 nitrogen and oxygen atoms in total. The molecule has 0 bridgehead atoms. The van der Waals surface area contributed by atoms with Gasteiger partial charge in [-0.15, -0.1) is 0 Å². The molecule has 1 N–H and O–H groups in total. The van der Waals surface area contributed by atoms with E-state index < -0.39 is 5.97 Å². The summed E-state index contributed by atoms with van der Waals surface area (Å²) in [4.78, 5) is 17.3. The van der Waals surface area contributed by atoms with Crippen molar-refractivity contribution in [3.8, 4) is 17.2 Å². The molecule has 0 saturated carbocycles. The van der Waals surface area contributed by atoms with E-state index in [2.05, 4.69) is 0 Å². The second-order valence-electron chi connectivity index (χ2n) is 9.29. The molecule has 1 aliphatic rings. The van der Waals surface area contributed by atoms with E-state index in [9.17, 15) is 9.90 Å². The Bertz CT molecular complexity index is 1400.